The average Bonchev–Trinajstić information content (AvgIpc) is 2.11. The first kappa shape index (κ1) is 7.58. The third-order valence-corrected chi connectivity index (χ3v) is 1.44. The van der Waals surface area contributed by atoms with Crippen molar-refractivity contribution in [3.05, 3.63) is 0 Å². The Balaban J connectivity index is 2.67. The first-order chi connectivity index (χ1) is 4.50. The molecule has 1 atom stereocenters. The molecule has 10 heavy (non-hydrogen) atoms. The molecule has 0 spiro atoms. The van der Waals surface area contributed by atoms with E-state index in [1.807, 2.05) is 0 Å². The van der Waals surface area contributed by atoms with Gasteiger partial charge in [-0.2, -0.15) is 0 Å². The Bertz CT molecular complexity index is 155. The Kier molecular flexibility index (Phi) is 1.71. The Labute approximate surface area is 62.3 Å². The van der Waals surface area contributed by atoms with Crippen LogP contribution in [0.15, 0.2) is 4.99 Å². The van der Waals surface area contributed by atoms with Gasteiger partial charge in [0.25, 0.3) is 0 Å². The molecule has 0 fully saturated rings. The highest BCUT2D eigenvalue weighted by Crippen LogP contribution is 2.21. The van der Waals surface area contributed by atoms with Crippen molar-refractivity contribution in [3.63, 3.8) is 0 Å². The maximum atomic E-state index is 5.38. The second-order valence-electron chi connectivity index (χ2n) is 3.84. The van der Waals surface area contributed by atoms with Crippen molar-refractivity contribution in [2.45, 2.75) is 33.7 Å². The van der Waals surface area contributed by atoms with Crippen LogP contribution in [0.3, 0.4) is 0 Å². The highest BCUT2D eigenvalue weighted by Gasteiger charge is 2.25. The standard InChI is InChI=1S/C8H15NO/c1-6-5-10-7(9-6)8(2,3)4/h6H,5H2,1-4H3. The lowest BCUT2D eigenvalue weighted by molar-refractivity contribution is 0.286. The van der Waals surface area contributed by atoms with Gasteiger partial charge in [0, 0.05) is 5.41 Å². The summed E-state index contributed by atoms with van der Waals surface area (Å²) in [6.07, 6.45) is 0. The minimum atomic E-state index is 0.0881. The van der Waals surface area contributed by atoms with Gasteiger partial charge in [0.05, 0.1) is 6.04 Å². The maximum Gasteiger partial charge on any atom is 0.189 e. The number of nitrogens with zero attached hydrogens (tertiary/aromatic N) is 1. The zero-order valence-corrected chi connectivity index (χ0v) is 7.14. The predicted molar refractivity (Wildman–Crippen MR) is 42.3 cm³/mol. The fourth-order valence-corrected chi connectivity index (χ4v) is 0.884. The Morgan fingerprint density at radius 2 is 2.10 bits per heavy atom. The van der Waals surface area contributed by atoms with Crippen molar-refractivity contribution in [3.8, 4) is 0 Å². The minimum Gasteiger partial charge on any atom is -0.478 e. The summed E-state index contributed by atoms with van der Waals surface area (Å²) in [4.78, 5) is 4.35. The smallest absolute Gasteiger partial charge is 0.189 e. The number of ether oxygens (including phenoxy) is 1. The second kappa shape index (κ2) is 2.26. The summed E-state index contributed by atoms with van der Waals surface area (Å²) in [6, 6.07) is 0.356. The van der Waals surface area contributed by atoms with Gasteiger partial charge in [-0.3, -0.25) is 0 Å². The summed E-state index contributed by atoms with van der Waals surface area (Å²) >= 11 is 0. The van der Waals surface area contributed by atoms with Crippen LogP contribution >= 0.6 is 0 Å². The third kappa shape index (κ3) is 1.49. The molecular formula is C8H15NO. The number of rotatable bonds is 0. The molecule has 1 heterocycles. The summed E-state index contributed by atoms with van der Waals surface area (Å²) in [5.74, 6) is 0.903. The van der Waals surface area contributed by atoms with Gasteiger partial charge in [-0.15, -0.1) is 0 Å². The summed E-state index contributed by atoms with van der Waals surface area (Å²) in [6.45, 7) is 9.17. The van der Waals surface area contributed by atoms with Crippen LogP contribution in [-0.2, 0) is 4.74 Å². The Morgan fingerprint density at radius 1 is 1.50 bits per heavy atom. The van der Waals surface area contributed by atoms with E-state index in [-0.39, 0.29) is 5.41 Å². The van der Waals surface area contributed by atoms with Crippen molar-refractivity contribution in [2.24, 2.45) is 10.4 Å². The molecule has 1 unspecified atom stereocenters. The van der Waals surface area contributed by atoms with Gasteiger partial charge >= 0.3 is 0 Å². The molecule has 1 rings (SSSR count). The fraction of sp³-hybridized carbons (Fsp3) is 0.875. The summed E-state index contributed by atoms with van der Waals surface area (Å²) in [5.41, 5.74) is 0.0881. The number of hydrogen-bond acceptors (Lipinski definition) is 2. The van der Waals surface area contributed by atoms with E-state index in [0.29, 0.717) is 6.04 Å². The van der Waals surface area contributed by atoms with Gasteiger partial charge in [-0.05, 0) is 6.92 Å². The van der Waals surface area contributed by atoms with Crippen LogP contribution in [0.5, 0.6) is 0 Å². The van der Waals surface area contributed by atoms with E-state index in [1.54, 1.807) is 0 Å². The lowest BCUT2D eigenvalue weighted by atomic mass is 9.97. The monoisotopic (exact) mass is 141 g/mol. The van der Waals surface area contributed by atoms with Gasteiger partial charge in [0.1, 0.15) is 6.61 Å². The SMILES string of the molecule is CC1COC(C(C)(C)C)=N1. The van der Waals surface area contributed by atoms with Crippen molar-refractivity contribution in [1.82, 2.24) is 0 Å². The van der Waals surface area contributed by atoms with Gasteiger partial charge < -0.3 is 4.74 Å². The molecule has 0 saturated carbocycles. The predicted octanol–water partition coefficient (Wildman–Crippen LogP) is 1.85. The normalized spacial score (nSPS) is 26.0. The fourth-order valence-electron chi connectivity index (χ4n) is 0.884. The van der Waals surface area contributed by atoms with Crippen LogP contribution in [-0.4, -0.2) is 18.5 Å². The first-order valence-corrected chi connectivity index (χ1v) is 3.71. The van der Waals surface area contributed by atoms with E-state index in [0.717, 1.165) is 12.5 Å². The molecule has 58 valence electrons. The molecule has 2 heteroatoms. The van der Waals surface area contributed by atoms with E-state index in [2.05, 4.69) is 32.7 Å². The first-order valence-electron chi connectivity index (χ1n) is 3.71. The lowest BCUT2D eigenvalue weighted by Gasteiger charge is -2.16. The van der Waals surface area contributed by atoms with Crippen molar-refractivity contribution in [1.29, 1.82) is 0 Å². The average molecular weight is 141 g/mol. The molecule has 0 aliphatic carbocycles. The number of aliphatic imine (C=N–C) groups is 1. The van der Waals surface area contributed by atoms with E-state index in [1.165, 1.54) is 0 Å². The zero-order chi connectivity index (χ0) is 7.78. The summed E-state index contributed by atoms with van der Waals surface area (Å²) in [7, 11) is 0. The number of hydrogen-bond donors (Lipinski definition) is 0. The molecule has 0 amide bonds. The molecule has 2 nitrogen and oxygen atoms in total. The van der Waals surface area contributed by atoms with Crippen LogP contribution in [0, 0.1) is 5.41 Å². The topological polar surface area (TPSA) is 21.6 Å². The van der Waals surface area contributed by atoms with Crippen LogP contribution in [0.4, 0.5) is 0 Å². The maximum absolute atomic E-state index is 5.38. The van der Waals surface area contributed by atoms with Crippen LogP contribution in [0.1, 0.15) is 27.7 Å². The Morgan fingerprint density at radius 3 is 2.30 bits per heavy atom. The zero-order valence-electron chi connectivity index (χ0n) is 7.14. The van der Waals surface area contributed by atoms with E-state index in [9.17, 15) is 0 Å². The molecule has 0 aromatic rings. The summed E-state index contributed by atoms with van der Waals surface area (Å²) < 4.78 is 5.38. The van der Waals surface area contributed by atoms with Crippen LogP contribution in [0.2, 0.25) is 0 Å². The van der Waals surface area contributed by atoms with Crippen LogP contribution in [0.25, 0.3) is 0 Å². The van der Waals surface area contributed by atoms with Crippen molar-refractivity contribution >= 4 is 5.90 Å². The van der Waals surface area contributed by atoms with E-state index >= 15 is 0 Å². The highest BCUT2D eigenvalue weighted by atomic mass is 16.5. The molecule has 0 bridgehead atoms. The van der Waals surface area contributed by atoms with Crippen molar-refractivity contribution in [2.75, 3.05) is 6.61 Å². The van der Waals surface area contributed by atoms with Gasteiger partial charge in [-0.1, -0.05) is 20.8 Å². The largest absolute Gasteiger partial charge is 0.478 e. The van der Waals surface area contributed by atoms with Crippen LogP contribution < -0.4 is 0 Å². The quantitative estimate of drug-likeness (QED) is 0.504. The molecular weight excluding hydrogens is 126 g/mol. The van der Waals surface area contributed by atoms with Crippen molar-refractivity contribution < 1.29 is 4.74 Å². The second-order valence-corrected chi connectivity index (χ2v) is 3.84. The molecule has 1 aliphatic rings. The minimum absolute atomic E-state index is 0.0881. The highest BCUT2D eigenvalue weighted by molar-refractivity contribution is 5.82. The molecule has 0 aromatic carbocycles. The Hall–Kier alpha value is -0.530. The lowest BCUT2D eigenvalue weighted by Crippen LogP contribution is -2.20. The van der Waals surface area contributed by atoms with E-state index < -0.39 is 0 Å². The van der Waals surface area contributed by atoms with Gasteiger partial charge in [-0.25, -0.2) is 4.99 Å². The summed E-state index contributed by atoms with van der Waals surface area (Å²) in [5, 5.41) is 0. The third-order valence-electron chi connectivity index (χ3n) is 1.44. The molecule has 1 aliphatic heterocycles. The molecule has 0 aromatic heterocycles. The van der Waals surface area contributed by atoms with E-state index in [4.69, 9.17) is 4.74 Å². The molecule has 0 N–H and O–H groups in total. The van der Waals surface area contributed by atoms with Gasteiger partial charge in [0.15, 0.2) is 5.90 Å². The molecule has 0 saturated heterocycles. The molecule has 0 radical (unpaired) electrons. The van der Waals surface area contributed by atoms with Gasteiger partial charge in [0.2, 0.25) is 0 Å².